The van der Waals surface area contributed by atoms with Gasteiger partial charge in [-0.2, -0.15) is 0 Å². The number of hydrogen-bond acceptors (Lipinski definition) is 3. The van der Waals surface area contributed by atoms with E-state index in [1.807, 2.05) is 60.0 Å². The number of nitrogens with zero attached hydrogens (tertiary/aromatic N) is 2. The van der Waals surface area contributed by atoms with Gasteiger partial charge in [0, 0.05) is 11.3 Å². The van der Waals surface area contributed by atoms with Gasteiger partial charge in [0.2, 0.25) is 5.91 Å². The van der Waals surface area contributed by atoms with Gasteiger partial charge >= 0.3 is 0 Å². The number of nitrogens with one attached hydrogen (secondary N) is 1. The van der Waals surface area contributed by atoms with Gasteiger partial charge < -0.3 is 14.6 Å². The number of aromatic nitrogens is 2. The minimum Gasteiger partial charge on any atom is -0.497 e. The number of rotatable bonds is 5. The van der Waals surface area contributed by atoms with Gasteiger partial charge in [-0.25, -0.2) is 4.98 Å². The van der Waals surface area contributed by atoms with E-state index in [0.717, 1.165) is 33.9 Å². The van der Waals surface area contributed by atoms with Crippen molar-refractivity contribution < 1.29 is 9.53 Å². The number of hydrogen-bond donors (Lipinski definition) is 1. The second-order valence-electron chi connectivity index (χ2n) is 9.02. The minimum absolute atomic E-state index is 0.0736. The minimum atomic E-state index is -0.457. The highest BCUT2D eigenvalue weighted by Gasteiger charge is 2.23. The Balaban J connectivity index is 1.71. The van der Waals surface area contributed by atoms with E-state index in [1.165, 1.54) is 5.56 Å². The molecule has 0 aliphatic rings. The average Bonchev–Trinajstić information content (AvgIpc) is 3.18. The molecule has 1 amide bonds. The summed E-state index contributed by atoms with van der Waals surface area (Å²) in [6.45, 7) is 8.49. The Labute approximate surface area is 189 Å². The van der Waals surface area contributed by atoms with Crippen LogP contribution < -0.4 is 10.1 Å². The predicted octanol–water partition coefficient (Wildman–Crippen LogP) is 6.21. The zero-order chi connectivity index (χ0) is 22.9. The summed E-state index contributed by atoms with van der Waals surface area (Å²) < 4.78 is 7.21. The second kappa shape index (κ2) is 8.50. The molecule has 4 aromatic rings. The Bertz CT molecular complexity index is 1230. The lowest BCUT2D eigenvalue weighted by Crippen LogP contribution is -2.24. The number of ether oxygens (including phenoxy) is 1. The lowest BCUT2D eigenvalue weighted by molar-refractivity contribution is -0.118. The van der Waals surface area contributed by atoms with Gasteiger partial charge in [0.05, 0.1) is 18.1 Å². The topological polar surface area (TPSA) is 56.1 Å². The molecular formula is C27H29N3O2. The fourth-order valence-corrected chi connectivity index (χ4v) is 3.80. The highest BCUT2D eigenvalue weighted by atomic mass is 16.5. The largest absolute Gasteiger partial charge is 0.497 e. The summed E-state index contributed by atoms with van der Waals surface area (Å²) in [5, 5.41) is 3.01. The third-order valence-electron chi connectivity index (χ3n) is 5.73. The number of benzene rings is 3. The number of para-hydroxylation sites is 2. The van der Waals surface area contributed by atoms with E-state index in [1.54, 1.807) is 7.11 Å². The van der Waals surface area contributed by atoms with Crippen molar-refractivity contribution in [3.8, 4) is 17.1 Å². The molecule has 1 unspecified atom stereocenters. The van der Waals surface area contributed by atoms with Gasteiger partial charge in [0.15, 0.2) is 0 Å². The molecule has 0 saturated heterocycles. The average molecular weight is 428 g/mol. The molecule has 0 spiro atoms. The molecule has 1 heterocycles. The smallest absolute Gasteiger partial charge is 0.247 e. The van der Waals surface area contributed by atoms with Crippen molar-refractivity contribution in [3.63, 3.8) is 0 Å². The van der Waals surface area contributed by atoms with Crippen LogP contribution in [0.15, 0.2) is 72.8 Å². The van der Waals surface area contributed by atoms with Crippen LogP contribution in [0.1, 0.15) is 39.3 Å². The van der Waals surface area contributed by atoms with Crippen LogP contribution in [-0.2, 0) is 10.2 Å². The maximum atomic E-state index is 13.2. The number of amides is 1. The molecule has 4 rings (SSSR count). The summed E-state index contributed by atoms with van der Waals surface area (Å²) in [4.78, 5) is 18.1. The Morgan fingerprint density at radius 1 is 0.969 bits per heavy atom. The number of carbonyl (C=O) groups excluding carboxylic acids is 1. The molecule has 32 heavy (non-hydrogen) atoms. The lowest BCUT2D eigenvalue weighted by atomic mass is 9.86. The summed E-state index contributed by atoms with van der Waals surface area (Å²) in [6, 6.07) is 23.3. The van der Waals surface area contributed by atoms with Crippen LogP contribution in [0.5, 0.6) is 5.75 Å². The van der Waals surface area contributed by atoms with Crippen LogP contribution in [0.25, 0.3) is 22.4 Å². The Morgan fingerprint density at radius 2 is 1.62 bits per heavy atom. The van der Waals surface area contributed by atoms with E-state index in [4.69, 9.17) is 9.72 Å². The zero-order valence-electron chi connectivity index (χ0n) is 19.2. The van der Waals surface area contributed by atoms with Gasteiger partial charge in [-0.1, -0.05) is 57.2 Å². The number of carbonyl (C=O) groups is 1. The van der Waals surface area contributed by atoms with Crippen LogP contribution in [-0.4, -0.2) is 22.6 Å². The van der Waals surface area contributed by atoms with E-state index >= 15 is 0 Å². The van der Waals surface area contributed by atoms with Gasteiger partial charge in [0.1, 0.15) is 17.6 Å². The first-order valence-electron chi connectivity index (χ1n) is 10.8. The van der Waals surface area contributed by atoms with E-state index in [2.05, 4.69) is 50.4 Å². The van der Waals surface area contributed by atoms with Crippen molar-refractivity contribution in [2.75, 3.05) is 12.4 Å². The Kier molecular flexibility index (Phi) is 5.74. The molecule has 0 bridgehead atoms. The fraction of sp³-hybridized carbons (Fsp3) is 0.259. The van der Waals surface area contributed by atoms with Crippen molar-refractivity contribution >= 4 is 22.6 Å². The van der Waals surface area contributed by atoms with Crippen molar-refractivity contribution in [3.05, 3.63) is 78.4 Å². The van der Waals surface area contributed by atoms with Gasteiger partial charge in [-0.05, 0) is 54.3 Å². The standard InChI is InChI=1S/C27H29N3O2/c1-18(26(31)28-21-14-16-22(32-5)17-15-21)30-24-9-7-6-8-23(24)29-25(30)19-10-12-20(13-11-19)27(2,3)4/h6-18H,1-5H3,(H,28,31). The highest BCUT2D eigenvalue weighted by molar-refractivity contribution is 5.95. The molecule has 0 aliphatic heterocycles. The van der Waals surface area contributed by atoms with Gasteiger partial charge in [0.25, 0.3) is 0 Å². The molecular weight excluding hydrogens is 398 g/mol. The normalized spacial score (nSPS) is 12.5. The molecule has 164 valence electrons. The highest BCUT2D eigenvalue weighted by Crippen LogP contribution is 2.31. The molecule has 1 atom stereocenters. The van der Waals surface area contributed by atoms with Crippen LogP contribution in [0.4, 0.5) is 5.69 Å². The van der Waals surface area contributed by atoms with Crippen LogP contribution in [0, 0.1) is 0 Å². The van der Waals surface area contributed by atoms with E-state index in [-0.39, 0.29) is 11.3 Å². The van der Waals surface area contributed by atoms with Crippen LogP contribution in [0.3, 0.4) is 0 Å². The number of methoxy groups -OCH3 is 1. The third-order valence-corrected chi connectivity index (χ3v) is 5.73. The zero-order valence-corrected chi connectivity index (χ0v) is 19.2. The first-order valence-corrected chi connectivity index (χ1v) is 10.8. The lowest BCUT2D eigenvalue weighted by Gasteiger charge is -2.20. The predicted molar refractivity (Wildman–Crippen MR) is 130 cm³/mol. The molecule has 0 fully saturated rings. The molecule has 5 nitrogen and oxygen atoms in total. The fourth-order valence-electron chi connectivity index (χ4n) is 3.80. The third kappa shape index (κ3) is 4.24. The van der Waals surface area contributed by atoms with Crippen molar-refractivity contribution in [2.45, 2.75) is 39.2 Å². The maximum Gasteiger partial charge on any atom is 0.247 e. The van der Waals surface area contributed by atoms with Gasteiger partial charge in [-0.3, -0.25) is 4.79 Å². The summed E-state index contributed by atoms with van der Waals surface area (Å²) in [5.41, 5.74) is 4.84. The van der Waals surface area contributed by atoms with Crippen molar-refractivity contribution in [1.29, 1.82) is 0 Å². The summed E-state index contributed by atoms with van der Waals surface area (Å²) >= 11 is 0. The van der Waals surface area contributed by atoms with E-state index in [0.29, 0.717) is 0 Å². The molecule has 0 aliphatic carbocycles. The Hall–Kier alpha value is -3.60. The molecule has 1 aromatic heterocycles. The van der Waals surface area contributed by atoms with E-state index < -0.39 is 6.04 Å². The maximum absolute atomic E-state index is 13.2. The number of anilines is 1. The molecule has 3 aromatic carbocycles. The summed E-state index contributed by atoms with van der Waals surface area (Å²) in [7, 11) is 1.62. The second-order valence-corrected chi connectivity index (χ2v) is 9.02. The first-order chi connectivity index (χ1) is 15.3. The monoisotopic (exact) mass is 427 g/mol. The van der Waals surface area contributed by atoms with E-state index in [9.17, 15) is 4.79 Å². The van der Waals surface area contributed by atoms with Crippen molar-refractivity contribution in [2.24, 2.45) is 0 Å². The molecule has 0 radical (unpaired) electrons. The van der Waals surface area contributed by atoms with Crippen LogP contribution >= 0.6 is 0 Å². The Morgan fingerprint density at radius 3 is 2.25 bits per heavy atom. The number of fused-ring (bicyclic) bond motifs is 1. The quantitative estimate of drug-likeness (QED) is 0.412. The molecule has 1 N–H and O–H groups in total. The molecule has 5 heteroatoms. The summed E-state index contributed by atoms with van der Waals surface area (Å²) in [5.74, 6) is 1.42. The van der Waals surface area contributed by atoms with Gasteiger partial charge in [-0.15, -0.1) is 0 Å². The first kappa shape index (κ1) is 21.6. The van der Waals surface area contributed by atoms with Crippen molar-refractivity contribution in [1.82, 2.24) is 9.55 Å². The van der Waals surface area contributed by atoms with Crippen LogP contribution in [0.2, 0.25) is 0 Å². The number of imidazole rings is 1. The summed E-state index contributed by atoms with van der Waals surface area (Å²) in [6.07, 6.45) is 0. The molecule has 0 saturated carbocycles. The SMILES string of the molecule is COc1ccc(NC(=O)C(C)n2c(-c3ccc(C(C)(C)C)cc3)nc3ccccc32)cc1.